The zero-order valence-electron chi connectivity index (χ0n) is 10.0. The highest BCUT2D eigenvalue weighted by Gasteiger charge is 2.16. The lowest BCUT2D eigenvalue weighted by Gasteiger charge is -2.10. The lowest BCUT2D eigenvalue weighted by Crippen LogP contribution is -2.03. The number of rotatable bonds is 3. The zero-order chi connectivity index (χ0) is 13.1. The van der Waals surface area contributed by atoms with Crippen LogP contribution in [0.4, 0.5) is 0 Å². The fourth-order valence-corrected chi connectivity index (χ4v) is 1.71. The van der Waals surface area contributed by atoms with Gasteiger partial charge in [-0.15, -0.1) is 0 Å². The second kappa shape index (κ2) is 4.83. The highest BCUT2D eigenvalue weighted by molar-refractivity contribution is 5.96. The van der Waals surface area contributed by atoms with Crippen LogP contribution in [0, 0.1) is 6.92 Å². The molecule has 0 fully saturated rings. The predicted molar refractivity (Wildman–Crippen MR) is 65.7 cm³/mol. The van der Waals surface area contributed by atoms with Crippen molar-refractivity contribution < 1.29 is 14.6 Å². The van der Waals surface area contributed by atoms with Crippen LogP contribution in [0.1, 0.15) is 16.1 Å². The van der Waals surface area contributed by atoms with Gasteiger partial charge in [0.1, 0.15) is 0 Å². The number of carboxylic acid groups (broad SMARTS) is 1. The highest BCUT2D eigenvalue weighted by atomic mass is 16.5. The Labute approximate surface area is 104 Å². The second-order valence-corrected chi connectivity index (χ2v) is 3.74. The van der Waals surface area contributed by atoms with Crippen LogP contribution < -0.4 is 4.74 Å². The molecule has 2 heterocycles. The summed E-state index contributed by atoms with van der Waals surface area (Å²) in [5.41, 5.74) is 2.07. The Hall–Kier alpha value is -2.43. The number of carbonyl (C=O) groups is 1. The number of hydrogen-bond donors (Lipinski definition) is 1. The Bertz CT molecular complexity index is 597. The standard InChI is InChI=1S/C13H12N2O3/c1-8-6-10(11(7-15-8)13(16)17)9-4-3-5-14-12(9)18-2/h3-7H,1-2H3,(H,16,17). The number of methoxy groups -OCH3 is 1. The molecular weight excluding hydrogens is 232 g/mol. The quantitative estimate of drug-likeness (QED) is 0.895. The number of aryl methyl sites for hydroxylation is 1. The molecule has 5 heteroatoms. The molecule has 2 rings (SSSR count). The summed E-state index contributed by atoms with van der Waals surface area (Å²) in [6.45, 7) is 1.80. The fourth-order valence-electron chi connectivity index (χ4n) is 1.71. The minimum atomic E-state index is -1.02. The summed E-state index contributed by atoms with van der Waals surface area (Å²) < 4.78 is 5.15. The number of ether oxygens (including phenoxy) is 1. The average Bonchev–Trinajstić information content (AvgIpc) is 2.38. The first kappa shape index (κ1) is 12.0. The maximum atomic E-state index is 11.2. The first-order valence-corrected chi connectivity index (χ1v) is 5.33. The molecule has 2 aromatic rings. The van der Waals surface area contributed by atoms with Gasteiger partial charge in [0.05, 0.1) is 12.7 Å². The summed E-state index contributed by atoms with van der Waals surface area (Å²) in [6.07, 6.45) is 2.94. The molecule has 0 aliphatic carbocycles. The van der Waals surface area contributed by atoms with Gasteiger partial charge in [0.15, 0.2) is 0 Å². The Balaban J connectivity index is 2.69. The molecule has 0 aliphatic heterocycles. The van der Waals surface area contributed by atoms with Crippen LogP contribution in [0.2, 0.25) is 0 Å². The molecule has 92 valence electrons. The van der Waals surface area contributed by atoms with Crippen LogP contribution in [-0.2, 0) is 0 Å². The molecule has 0 amide bonds. The topological polar surface area (TPSA) is 72.3 Å². The van der Waals surface area contributed by atoms with Crippen molar-refractivity contribution in [3.8, 4) is 17.0 Å². The fraction of sp³-hybridized carbons (Fsp3) is 0.154. The number of nitrogens with zero attached hydrogens (tertiary/aromatic N) is 2. The summed E-state index contributed by atoms with van der Waals surface area (Å²) in [5, 5.41) is 9.18. The molecule has 0 atom stereocenters. The first-order valence-electron chi connectivity index (χ1n) is 5.33. The molecule has 0 unspecified atom stereocenters. The molecule has 0 saturated carbocycles. The average molecular weight is 244 g/mol. The van der Waals surface area contributed by atoms with Gasteiger partial charge in [0.2, 0.25) is 5.88 Å². The Kier molecular flexibility index (Phi) is 3.23. The van der Waals surface area contributed by atoms with Gasteiger partial charge in [-0.3, -0.25) is 4.98 Å². The van der Waals surface area contributed by atoms with Gasteiger partial charge in [0, 0.05) is 29.2 Å². The third-order valence-electron chi connectivity index (χ3n) is 2.53. The van der Waals surface area contributed by atoms with E-state index in [-0.39, 0.29) is 5.56 Å². The number of hydrogen-bond acceptors (Lipinski definition) is 4. The molecule has 0 aliphatic rings. The van der Waals surface area contributed by atoms with Crippen LogP contribution in [0.5, 0.6) is 5.88 Å². The molecule has 18 heavy (non-hydrogen) atoms. The third-order valence-corrected chi connectivity index (χ3v) is 2.53. The van der Waals surface area contributed by atoms with Gasteiger partial charge >= 0.3 is 5.97 Å². The third kappa shape index (κ3) is 2.15. The maximum absolute atomic E-state index is 11.2. The molecule has 0 radical (unpaired) electrons. The smallest absolute Gasteiger partial charge is 0.337 e. The van der Waals surface area contributed by atoms with E-state index in [1.807, 2.05) is 0 Å². The van der Waals surface area contributed by atoms with E-state index in [9.17, 15) is 9.90 Å². The van der Waals surface area contributed by atoms with Crippen LogP contribution in [0.25, 0.3) is 11.1 Å². The van der Waals surface area contributed by atoms with Crippen LogP contribution >= 0.6 is 0 Å². The SMILES string of the molecule is COc1ncccc1-c1cc(C)ncc1C(=O)O. The van der Waals surface area contributed by atoms with Crippen LogP contribution in [0.15, 0.2) is 30.6 Å². The summed E-state index contributed by atoms with van der Waals surface area (Å²) in [6, 6.07) is 5.22. The van der Waals surface area contributed by atoms with E-state index in [0.717, 1.165) is 5.69 Å². The van der Waals surface area contributed by atoms with E-state index in [2.05, 4.69) is 9.97 Å². The second-order valence-electron chi connectivity index (χ2n) is 3.74. The van der Waals surface area contributed by atoms with Gasteiger partial charge in [-0.2, -0.15) is 0 Å². The first-order chi connectivity index (χ1) is 8.63. The Morgan fingerprint density at radius 2 is 2.11 bits per heavy atom. The zero-order valence-corrected chi connectivity index (χ0v) is 10.0. The van der Waals surface area contributed by atoms with E-state index >= 15 is 0 Å². The van der Waals surface area contributed by atoms with E-state index in [1.165, 1.54) is 13.3 Å². The van der Waals surface area contributed by atoms with E-state index in [1.54, 1.807) is 31.3 Å². The molecule has 1 N–H and O–H groups in total. The number of aromatic nitrogens is 2. The van der Waals surface area contributed by atoms with E-state index in [0.29, 0.717) is 17.0 Å². The van der Waals surface area contributed by atoms with Gasteiger partial charge in [-0.25, -0.2) is 9.78 Å². The van der Waals surface area contributed by atoms with E-state index in [4.69, 9.17) is 4.74 Å². The monoisotopic (exact) mass is 244 g/mol. The van der Waals surface area contributed by atoms with Crippen molar-refractivity contribution in [1.29, 1.82) is 0 Å². The van der Waals surface area contributed by atoms with Crippen molar-refractivity contribution in [3.63, 3.8) is 0 Å². The number of carboxylic acids is 1. The molecule has 0 saturated heterocycles. The summed E-state index contributed by atoms with van der Waals surface area (Å²) in [5.74, 6) is -0.631. The number of pyridine rings is 2. The van der Waals surface area contributed by atoms with Gasteiger partial charge in [0.25, 0.3) is 0 Å². The normalized spacial score (nSPS) is 10.1. The minimum absolute atomic E-state index is 0.131. The summed E-state index contributed by atoms with van der Waals surface area (Å²) >= 11 is 0. The highest BCUT2D eigenvalue weighted by Crippen LogP contribution is 2.30. The largest absolute Gasteiger partial charge is 0.481 e. The summed E-state index contributed by atoms with van der Waals surface area (Å²) in [7, 11) is 1.50. The maximum Gasteiger partial charge on any atom is 0.337 e. The minimum Gasteiger partial charge on any atom is -0.481 e. The Morgan fingerprint density at radius 1 is 1.33 bits per heavy atom. The van der Waals surface area contributed by atoms with Crippen LogP contribution in [-0.4, -0.2) is 28.2 Å². The van der Waals surface area contributed by atoms with Crippen LogP contribution in [0.3, 0.4) is 0 Å². The summed E-state index contributed by atoms with van der Waals surface area (Å²) in [4.78, 5) is 19.3. The van der Waals surface area contributed by atoms with E-state index < -0.39 is 5.97 Å². The molecule has 5 nitrogen and oxygen atoms in total. The lowest BCUT2D eigenvalue weighted by atomic mass is 10.0. The molecule has 0 bridgehead atoms. The van der Waals surface area contributed by atoms with Crippen molar-refractivity contribution in [3.05, 3.63) is 41.9 Å². The Morgan fingerprint density at radius 3 is 2.78 bits per heavy atom. The van der Waals surface area contributed by atoms with Gasteiger partial charge in [-0.05, 0) is 25.1 Å². The molecule has 0 aromatic carbocycles. The van der Waals surface area contributed by atoms with Gasteiger partial charge in [-0.1, -0.05) is 0 Å². The van der Waals surface area contributed by atoms with Crippen molar-refractivity contribution in [2.24, 2.45) is 0 Å². The predicted octanol–water partition coefficient (Wildman–Crippen LogP) is 2.16. The lowest BCUT2D eigenvalue weighted by molar-refractivity contribution is 0.0697. The molecule has 2 aromatic heterocycles. The molecule has 0 spiro atoms. The van der Waals surface area contributed by atoms with Crippen molar-refractivity contribution >= 4 is 5.97 Å². The van der Waals surface area contributed by atoms with Crippen molar-refractivity contribution in [2.45, 2.75) is 6.92 Å². The number of aromatic carboxylic acids is 1. The van der Waals surface area contributed by atoms with Gasteiger partial charge < -0.3 is 9.84 Å². The molecular formula is C13H12N2O3. The van der Waals surface area contributed by atoms with Crippen molar-refractivity contribution in [1.82, 2.24) is 9.97 Å². The van der Waals surface area contributed by atoms with Crippen molar-refractivity contribution in [2.75, 3.05) is 7.11 Å².